The summed E-state index contributed by atoms with van der Waals surface area (Å²) in [4.78, 5) is 17.8. The van der Waals surface area contributed by atoms with Crippen molar-refractivity contribution in [3.05, 3.63) is 46.9 Å². The van der Waals surface area contributed by atoms with E-state index in [1.807, 2.05) is 0 Å². The van der Waals surface area contributed by atoms with Crippen molar-refractivity contribution in [2.75, 3.05) is 5.73 Å². The van der Waals surface area contributed by atoms with Crippen LogP contribution in [0.5, 0.6) is 0 Å². The molecule has 0 aliphatic carbocycles. The fourth-order valence-corrected chi connectivity index (χ4v) is 1.64. The zero-order valence-electron chi connectivity index (χ0n) is 8.81. The van der Waals surface area contributed by atoms with E-state index in [4.69, 9.17) is 10.2 Å². The second-order valence-corrected chi connectivity index (χ2v) is 3.65. The molecule has 0 unspecified atom stereocenters. The number of nitrogens with zero attached hydrogens (tertiary/aromatic N) is 1. The SMILES string of the molecule is Nc1cccc2oc(-c3ccc(=O)[nH]c3)nc12. The summed E-state index contributed by atoms with van der Waals surface area (Å²) >= 11 is 0. The van der Waals surface area contributed by atoms with E-state index in [2.05, 4.69) is 9.97 Å². The van der Waals surface area contributed by atoms with Crippen molar-refractivity contribution in [2.45, 2.75) is 0 Å². The van der Waals surface area contributed by atoms with Gasteiger partial charge in [0.2, 0.25) is 11.4 Å². The number of H-pyrrole nitrogens is 1. The van der Waals surface area contributed by atoms with Gasteiger partial charge in [0.25, 0.3) is 0 Å². The number of nitrogens with two attached hydrogens (primary N) is 1. The number of nitrogens with one attached hydrogen (secondary N) is 1. The Hall–Kier alpha value is -2.56. The van der Waals surface area contributed by atoms with Crippen molar-refractivity contribution in [3.8, 4) is 11.5 Å². The molecule has 5 nitrogen and oxygen atoms in total. The summed E-state index contributed by atoms with van der Waals surface area (Å²) in [5.41, 5.74) is 8.17. The number of oxazole rings is 1. The van der Waals surface area contributed by atoms with Crippen LogP contribution in [0.25, 0.3) is 22.6 Å². The molecule has 1 aromatic carbocycles. The van der Waals surface area contributed by atoms with Crippen molar-refractivity contribution in [3.63, 3.8) is 0 Å². The standard InChI is InChI=1S/C12H9N3O2/c13-8-2-1-3-9-11(8)15-12(17-9)7-4-5-10(16)14-6-7/h1-6H,13H2,(H,14,16). The monoisotopic (exact) mass is 227 g/mol. The molecule has 0 amide bonds. The molecule has 0 aliphatic rings. The molecule has 84 valence electrons. The van der Waals surface area contributed by atoms with Crippen LogP contribution in [0.1, 0.15) is 0 Å². The van der Waals surface area contributed by atoms with Gasteiger partial charge in [-0.3, -0.25) is 4.79 Å². The number of aromatic amines is 1. The topological polar surface area (TPSA) is 84.9 Å². The van der Waals surface area contributed by atoms with Crippen LogP contribution < -0.4 is 11.3 Å². The summed E-state index contributed by atoms with van der Waals surface area (Å²) in [6, 6.07) is 8.45. The molecule has 5 heteroatoms. The van der Waals surface area contributed by atoms with E-state index in [0.29, 0.717) is 28.2 Å². The van der Waals surface area contributed by atoms with Crippen molar-refractivity contribution in [1.29, 1.82) is 0 Å². The van der Waals surface area contributed by atoms with Gasteiger partial charge in [-0.1, -0.05) is 6.07 Å². The van der Waals surface area contributed by atoms with Gasteiger partial charge in [-0.2, -0.15) is 0 Å². The summed E-state index contributed by atoms with van der Waals surface area (Å²) in [5.74, 6) is 0.439. The van der Waals surface area contributed by atoms with Gasteiger partial charge in [-0.05, 0) is 18.2 Å². The molecule has 0 saturated carbocycles. The third kappa shape index (κ3) is 1.57. The smallest absolute Gasteiger partial charge is 0.247 e. The van der Waals surface area contributed by atoms with Gasteiger partial charge >= 0.3 is 0 Å². The third-order valence-electron chi connectivity index (χ3n) is 2.48. The van der Waals surface area contributed by atoms with Gasteiger partial charge in [0.05, 0.1) is 11.3 Å². The van der Waals surface area contributed by atoms with E-state index in [1.165, 1.54) is 6.07 Å². The number of aromatic nitrogens is 2. The average molecular weight is 227 g/mol. The van der Waals surface area contributed by atoms with Crippen LogP contribution in [0.3, 0.4) is 0 Å². The molecule has 3 rings (SSSR count). The quantitative estimate of drug-likeness (QED) is 0.620. The highest BCUT2D eigenvalue weighted by Crippen LogP contribution is 2.26. The van der Waals surface area contributed by atoms with Crippen LogP contribution in [-0.2, 0) is 0 Å². The molecule has 0 bridgehead atoms. The fourth-order valence-electron chi connectivity index (χ4n) is 1.64. The van der Waals surface area contributed by atoms with Gasteiger partial charge in [0.1, 0.15) is 5.52 Å². The Kier molecular flexibility index (Phi) is 1.98. The van der Waals surface area contributed by atoms with Crippen LogP contribution >= 0.6 is 0 Å². The normalized spacial score (nSPS) is 10.8. The van der Waals surface area contributed by atoms with Gasteiger partial charge in [0, 0.05) is 12.3 Å². The second-order valence-electron chi connectivity index (χ2n) is 3.65. The predicted octanol–water partition coefficient (Wildman–Crippen LogP) is 1.77. The molecular weight excluding hydrogens is 218 g/mol. The van der Waals surface area contributed by atoms with E-state index >= 15 is 0 Å². The Labute approximate surface area is 95.9 Å². The summed E-state index contributed by atoms with van der Waals surface area (Å²) < 4.78 is 5.56. The molecule has 17 heavy (non-hydrogen) atoms. The molecule has 0 fully saturated rings. The Morgan fingerprint density at radius 2 is 2.12 bits per heavy atom. The van der Waals surface area contributed by atoms with Gasteiger partial charge < -0.3 is 15.1 Å². The predicted molar refractivity (Wildman–Crippen MR) is 64.5 cm³/mol. The summed E-state index contributed by atoms with van der Waals surface area (Å²) in [5, 5.41) is 0. The van der Waals surface area contributed by atoms with Gasteiger partial charge in [-0.25, -0.2) is 4.98 Å². The number of benzene rings is 1. The summed E-state index contributed by atoms with van der Waals surface area (Å²) in [6.45, 7) is 0. The number of fused-ring (bicyclic) bond motifs is 1. The fraction of sp³-hybridized carbons (Fsp3) is 0. The maximum atomic E-state index is 11.0. The number of anilines is 1. The molecule has 0 saturated heterocycles. The zero-order valence-corrected chi connectivity index (χ0v) is 8.81. The van der Waals surface area contributed by atoms with E-state index < -0.39 is 0 Å². The number of rotatable bonds is 1. The first-order valence-electron chi connectivity index (χ1n) is 5.08. The first-order valence-corrected chi connectivity index (χ1v) is 5.08. The van der Waals surface area contributed by atoms with Crippen LogP contribution in [0.15, 0.2) is 45.7 Å². The lowest BCUT2D eigenvalue weighted by molar-refractivity contribution is 0.619. The Bertz CT molecular complexity index is 722. The van der Waals surface area contributed by atoms with Crippen molar-refractivity contribution in [2.24, 2.45) is 0 Å². The van der Waals surface area contributed by atoms with E-state index in [9.17, 15) is 4.79 Å². The highest BCUT2D eigenvalue weighted by atomic mass is 16.3. The van der Waals surface area contributed by atoms with E-state index in [-0.39, 0.29) is 5.56 Å². The number of hydrogen-bond acceptors (Lipinski definition) is 4. The highest BCUT2D eigenvalue weighted by Gasteiger charge is 2.09. The minimum absolute atomic E-state index is 0.163. The molecule has 3 aromatic rings. The van der Waals surface area contributed by atoms with E-state index in [1.54, 1.807) is 30.5 Å². The average Bonchev–Trinajstić information content (AvgIpc) is 2.75. The second kappa shape index (κ2) is 3.48. The van der Waals surface area contributed by atoms with Gasteiger partial charge in [-0.15, -0.1) is 0 Å². The lowest BCUT2D eigenvalue weighted by atomic mass is 10.3. The van der Waals surface area contributed by atoms with Crippen LogP contribution in [0.4, 0.5) is 5.69 Å². The lowest BCUT2D eigenvalue weighted by Crippen LogP contribution is -2.01. The Balaban J connectivity index is 2.21. The maximum absolute atomic E-state index is 11.0. The molecule has 0 radical (unpaired) electrons. The van der Waals surface area contributed by atoms with E-state index in [0.717, 1.165) is 0 Å². The summed E-state index contributed by atoms with van der Waals surface area (Å²) in [7, 11) is 0. The number of hydrogen-bond donors (Lipinski definition) is 2. The Morgan fingerprint density at radius 3 is 2.82 bits per heavy atom. The molecule has 0 aliphatic heterocycles. The largest absolute Gasteiger partial charge is 0.436 e. The van der Waals surface area contributed by atoms with Crippen molar-refractivity contribution < 1.29 is 4.42 Å². The van der Waals surface area contributed by atoms with Crippen LogP contribution in [0.2, 0.25) is 0 Å². The number of nitrogen functional groups attached to an aromatic ring is 1. The zero-order chi connectivity index (χ0) is 11.8. The molecular formula is C12H9N3O2. The highest BCUT2D eigenvalue weighted by molar-refractivity contribution is 5.87. The maximum Gasteiger partial charge on any atom is 0.247 e. The minimum Gasteiger partial charge on any atom is -0.436 e. The summed E-state index contributed by atoms with van der Waals surface area (Å²) in [6.07, 6.45) is 1.56. The number of para-hydroxylation sites is 1. The van der Waals surface area contributed by atoms with Crippen molar-refractivity contribution >= 4 is 16.8 Å². The first kappa shape index (κ1) is 9.65. The number of pyridine rings is 1. The molecule has 3 N–H and O–H groups in total. The molecule has 0 atom stereocenters. The molecule has 2 aromatic heterocycles. The third-order valence-corrected chi connectivity index (χ3v) is 2.48. The lowest BCUT2D eigenvalue weighted by Gasteiger charge is -1.91. The minimum atomic E-state index is -0.163. The van der Waals surface area contributed by atoms with Crippen LogP contribution in [0, 0.1) is 0 Å². The van der Waals surface area contributed by atoms with Crippen LogP contribution in [-0.4, -0.2) is 9.97 Å². The van der Waals surface area contributed by atoms with Crippen molar-refractivity contribution in [1.82, 2.24) is 9.97 Å². The molecule has 2 heterocycles. The Morgan fingerprint density at radius 1 is 1.24 bits per heavy atom. The first-order chi connectivity index (χ1) is 8.24. The van der Waals surface area contributed by atoms with Gasteiger partial charge in [0.15, 0.2) is 5.58 Å². The molecule has 0 spiro atoms.